The van der Waals surface area contributed by atoms with Gasteiger partial charge in [0, 0.05) is 33.9 Å². The van der Waals surface area contributed by atoms with Gasteiger partial charge in [0.05, 0.1) is 12.8 Å². The second-order valence-corrected chi connectivity index (χ2v) is 8.84. The molecule has 1 atom stereocenters. The van der Waals surface area contributed by atoms with Crippen LogP contribution in [0.15, 0.2) is 91.3 Å². The number of aromatic nitrogens is 1. The van der Waals surface area contributed by atoms with Crippen LogP contribution in [0.25, 0.3) is 5.69 Å². The fourth-order valence-electron chi connectivity index (χ4n) is 4.05. The molecule has 3 nitrogen and oxygen atoms in total. The monoisotopic (exact) mass is 477 g/mol. The lowest BCUT2D eigenvalue weighted by molar-refractivity contribution is 0.0912. The van der Waals surface area contributed by atoms with E-state index in [-0.39, 0.29) is 11.7 Å². The normalized spacial score (nSPS) is 11.8. The molecule has 3 aromatic carbocycles. The van der Waals surface area contributed by atoms with Gasteiger partial charge in [0.1, 0.15) is 5.75 Å². The standard InChI is InChI=1S/C28H25Cl2NO2/c1-33-24-14-8-20(9-15-24)18-22(11-10-21-12-13-23(29)19-26(21)30)28(32)25-6-2-3-7-27(25)31-16-4-5-17-31/h2-9,12-17,19,22H,10-11,18H2,1H3. The van der Waals surface area contributed by atoms with E-state index in [0.29, 0.717) is 29.3 Å². The number of aryl methyl sites for hydroxylation is 1. The first kappa shape index (κ1) is 23.2. The number of nitrogens with zero attached hydrogens (tertiary/aromatic N) is 1. The summed E-state index contributed by atoms with van der Waals surface area (Å²) in [5.74, 6) is 0.717. The second-order valence-electron chi connectivity index (χ2n) is 8.00. The lowest BCUT2D eigenvalue weighted by Crippen LogP contribution is -2.20. The second kappa shape index (κ2) is 10.7. The van der Waals surface area contributed by atoms with E-state index in [9.17, 15) is 4.79 Å². The SMILES string of the molecule is COc1ccc(CC(CCc2ccc(Cl)cc2Cl)C(=O)c2ccccc2-n2cccc2)cc1. The summed E-state index contributed by atoms with van der Waals surface area (Å²) in [6.07, 6.45) is 5.91. The van der Waals surface area contributed by atoms with Gasteiger partial charge < -0.3 is 9.30 Å². The molecule has 0 radical (unpaired) electrons. The molecule has 0 N–H and O–H groups in total. The molecule has 0 saturated carbocycles. The highest BCUT2D eigenvalue weighted by atomic mass is 35.5. The van der Waals surface area contributed by atoms with Crippen LogP contribution in [0.3, 0.4) is 0 Å². The Balaban J connectivity index is 1.63. The van der Waals surface area contributed by atoms with Crippen molar-refractivity contribution in [3.63, 3.8) is 0 Å². The topological polar surface area (TPSA) is 31.2 Å². The summed E-state index contributed by atoms with van der Waals surface area (Å²) >= 11 is 12.5. The van der Waals surface area contributed by atoms with Crippen molar-refractivity contribution >= 4 is 29.0 Å². The number of carbonyl (C=O) groups excluding carboxylic acids is 1. The lowest BCUT2D eigenvalue weighted by Gasteiger charge is -2.19. The van der Waals surface area contributed by atoms with Gasteiger partial charge in [-0.1, -0.05) is 53.5 Å². The van der Waals surface area contributed by atoms with E-state index in [2.05, 4.69) is 0 Å². The molecule has 0 fully saturated rings. The van der Waals surface area contributed by atoms with Gasteiger partial charge in [-0.15, -0.1) is 0 Å². The van der Waals surface area contributed by atoms with Crippen LogP contribution in [0.1, 0.15) is 27.9 Å². The molecular formula is C28H25Cl2NO2. The molecule has 168 valence electrons. The Hall–Kier alpha value is -3.01. The summed E-state index contributed by atoms with van der Waals surface area (Å²) in [7, 11) is 1.65. The molecule has 33 heavy (non-hydrogen) atoms. The summed E-state index contributed by atoms with van der Waals surface area (Å²) in [4.78, 5) is 13.9. The summed E-state index contributed by atoms with van der Waals surface area (Å²) in [5, 5.41) is 1.24. The maximum Gasteiger partial charge on any atom is 0.168 e. The van der Waals surface area contributed by atoms with Gasteiger partial charge in [-0.05, 0) is 78.9 Å². The number of methoxy groups -OCH3 is 1. The van der Waals surface area contributed by atoms with E-state index in [4.69, 9.17) is 27.9 Å². The molecular weight excluding hydrogens is 453 g/mol. The van der Waals surface area contributed by atoms with Crippen molar-refractivity contribution in [1.82, 2.24) is 4.57 Å². The van der Waals surface area contributed by atoms with Crippen LogP contribution >= 0.6 is 23.2 Å². The van der Waals surface area contributed by atoms with Crippen LogP contribution in [0.2, 0.25) is 10.0 Å². The first-order chi connectivity index (χ1) is 16.0. The number of carbonyl (C=O) groups is 1. The van der Waals surface area contributed by atoms with Crippen LogP contribution in [0.5, 0.6) is 5.75 Å². The maximum absolute atomic E-state index is 13.9. The molecule has 0 aliphatic heterocycles. The molecule has 0 bridgehead atoms. The molecule has 0 amide bonds. The zero-order valence-corrected chi connectivity index (χ0v) is 19.9. The fraction of sp³-hybridized carbons (Fsp3) is 0.179. The lowest BCUT2D eigenvalue weighted by atomic mass is 9.86. The Morgan fingerprint density at radius 3 is 2.36 bits per heavy atom. The minimum Gasteiger partial charge on any atom is -0.497 e. The van der Waals surface area contributed by atoms with E-state index in [1.807, 2.05) is 89.8 Å². The van der Waals surface area contributed by atoms with Gasteiger partial charge in [0.2, 0.25) is 0 Å². The van der Waals surface area contributed by atoms with Crippen molar-refractivity contribution in [1.29, 1.82) is 0 Å². The number of halogens is 2. The highest BCUT2D eigenvalue weighted by Gasteiger charge is 2.23. The number of ketones is 1. The molecule has 4 rings (SSSR count). The number of para-hydroxylation sites is 1. The average Bonchev–Trinajstić information content (AvgIpc) is 3.37. The molecule has 0 aliphatic rings. The van der Waals surface area contributed by atoms with Gasteiger partial charge in [-0.3, -0.25) is 4.79 Å². The Labute approximate surface area is 204 Å². The highest BCUT2D eigenvalue weighted by Crippen LogP contribution is 2.28. The molecule has 4 aromatic rings. The molecule has 1 heterocycles. The summed E-state index contributed by atoms with van der Waals surface area (Å²) in [6.45, 7) is 0. The van der Waals surface area contributed by atoms with Crippen LogP contribution in [-0.4, -0.2) is 17.5 Å². The third kappa shape index (κ3) is 5.68. The number of benzene rings is 3. The third-order valence-corrected chi connectivity index (χ3v) is 6.43. The zero-order chi connectivity index (χ0) is 23.2. The molecule has 0 spiro atoms. The molecule has 0 saturated heterocycles. The smallest absolute Gasteiger partial charge is 0.168 e. The first-order valence-corrected chi connectivity index (χ1v) is 11.6. The zero-order valence-electron chi connectivity index (χ0n) is 18.4. The van der Waals surface area contributed by atoms with Gasteiger partial charge >= 0.3 is 0 Å². The number of hydrogen-bond donors (Lipinski definition) is 0. The molecule has 1 unspecified atom stereocenters. The number of hydrogen-bond acceptors (Lipinski definition) is 2. The summed E-state index contributed by atoms with van der Waals surface area (Å²) in [6, 6.07) is 25.1. The van der Waals surface area contributed by atoms with Gasteiger partial charge in [-0.2, -0.15) is 0 Å². The van der Waals surface area contributed by atoms with Crippen molar-refractivity contribution in [2.45, 2.75) is 19.3 Å². The van der Waals surface area contributed by atoms with E-state index in [1.165, 1.54) is 0 Å². The van der Waals surface area contributed by atoms with Crippen LogP contribution in [0.4, 0.5) is 0 Å². The number of rotatable bonds is 9. The number of ether oxygens (including phenoxy) is 1. The number of Topliss-reactive ketones (excluding diaryl/α,β-unsaturated/α-hetero) is 1. The molecule has 5 heteroatoms. The van der Waals surface area contributed by atoms with E-state index in [1.54, 1.807) is 13.2 Å². The average molecular weight is 478 g/mol. The van der Waals surface area contributed by atoms with Crippen molar-refractivity contribution in [3.8, 4) is 11.4 Å². The van der Waals surface area contributed by atoms with E-state index >= 15 is 0 Å². The van der Waals surface area contributed by atoms with Crippen molar-refractivity contribution in [2.75, 3.05) is 7.11 Å². The molecule has 1 aromatic heterocycles. The van der Waals surface area contributed by atoms with Crippen LogP contribution in [-0.2, 0) is 12.8 Å². The minimum atomic E-state index is -0.207. The van der Waals surface area contributed by atoms with Crippen molar-refractivity contribution < 1.29 is 9.53 Å². The van der Waals surface area contributed by atoms with Gasteiger partial charge in [0.15, 0.2) is 5.78 Å². The quantitative estimate of drug-likeness (QED) is 0.234. The Kier molecular flexibility index (Phi) is 7.54. The fourth-order valence-corrected chi connectivity index (χ4v) is 4.55. The predicted molar refractivity (Wildman–Crippen MR) is 135 cm³/mol. The highest BCUT2D eigenvalue weighted by molar-refractivity contribution is 6.35. The van der Waals surface area contributed by atoms with Crippen molar-refractivity contribution in [2.24, 2.45) is 5.92 Å². The first-order valence-electron chi connectivity index (χ1n) is 10.9. The minimum absolute atomic E-state index is 0.125. The Morgan fingerprint density at radius 2 is 1.67 bits per heavy atom. The largest absolute Gasteiger partial charge is 0.497 e. The van der Waals surface area contributed by atoms with Gasteiger partial charge in [-0.25, -0.2) is 0 Å². The van der Waals surface area contributed by atoms with E-state index < -0.39 is 0 Å². The Bertz CT molecular complexity index is 1220. The third-order valence-electron chi connectivity index (χ3n) is 5.84. The Morgan fingerprint density at radius 1 is 0.939 bits per heavy atom. The summed E-state index contributed by atoms with van der Waals surface area (Å²) < 4.78 is 7.26. The van der Waals surface area contributed by atoms with Crippen LogP contribution in [0, 0.1) is 5.92 Å². The molecule has 0 aliphatic carbocycles. The maximum atomic E-state index is 13.9. The predicted octanol–water partition coefficient (Wildman–Crippen LogP) is 7.47. The van der Waals surface area contributed by atoms with Crippen LogP contribution < -0.4 is 4.74 Å². The van der Waals surface area contributed by atoms with Crippen molar-refractivity contribution in [3.05, 3.63) is 118 Å². The summed E-state index contributed by atoms with van der Waals surface area (Å²) in [5.41, 5.74) is 3.69. The van der Waals surface area contributed by atoms with E-state index in [0.717, 1.165) is 28.1 Å². The van der Waals surface area contributed by atoms with Gasteiger partial charge in [0.25, 0.3) is 0 Å².